The second-order valence-corrected chi connectivity index (χ2v) is 3.98. The summed E-state index contributed by atoms with van der Waals surface area (Å²) in [5.74, 6) is -1.53. The molecule has 76 valence electrons. The number of carboxylic acid groups (broad SMARTS) is 1. The molecule has 0 aliphatic rings. The molecule has 0 aliphatic heterocycles. The molecule has 0 aromatic heterocycles. The minimum Gasteiger partial charge on any atom is -0.479 e. The maximum atomic E-state index is 10.6. The molecule has 0 rings (SSSR count). The van der Waals surface area contributed by atoms with Crippen molar-refractivity contribution in [3.63, 3.8) is 0 Å². The first kappa shape index (κ1) is 12.8. The quantitative estimate of drug-likeness (QED) is 0.776. The van der Waals surface area contributed by atoms with Crippen LogP contribution in [0.15, 0.2) is 10.1 Å². The summed E-state index contributed by atoms with van der Waals surface area (Å²) >= 11 is 11.3. The first-order valence-electron chi connectivity index (χ1n) is 3.72. The molecule has 0 heterocycles. The van der Waals surface area contributed by atoms with Crippen LogP contribution in [0.4, 0.5) is 0 Å². The van der Waals surface area contributed by atoms with Crippen LogP contribution in [-0.2, 0) is 4.79 Å². The summed E-state index contributed by atoms with van der Waals surface area (Å²) in [7, 11) is 0. The van der Waals surface area contributed by atoms with E-state index >= 15 is 0 Å². The van der Waals surface area contributed by atoms with Crippen LogP contribution in [0.25, 0.3) is 0 Å². The Morgan fingerprint density at radius 3 is 2.00 bits per heavy atom. The van der Waals surface area contributed by atoms with Crippen LogP contribution in [0.1, 0.15) is 20.8 Å². The Balaban J connectivity index is 5.08. The molecule has 3 nitrogen and oxygen atoms in total. The molecule has 0 saturated carbocycles. The minimum atomic E-state index is -2.11. The third-order valence-corrected chi connectivity index (χ3v) is 2.85. The average molecular weight is 227 g/mol. The van der Waals surface area contributed by atoms with Crippen LogP contribution in [-0.4, -0.2) is 21.8 Å². The molecule has 1 atom stereocenters. The van der Waals surface area contributed by atoms with E-state index in [9.17, 15) is 9.90 Å². The van der Waals surface area contributed by atoms with Crippen LogP contribution in [0, 0.1) is 5.92 Å². The fraction of sp³-hybridized carbons (Fsp3) is 0.625. The first-order valence-corrected chi connectivity index (χ1v) is 4.48. The van der Waals surface area contributed by atoms with Gasteiger partial charge in [-0.1, -0.05) is 37.0 Å². The third kappa shape index (κ3) is 2.86. The van der Waals surface area contributed by atoms with Gasteiger partial charge in [-0.05, 0) is 12.8 Å². The molecule has 13 heavy (non-hydrogen) atoms. The lowest BCUT2D eigenvalue weighted by atomic mass is 10.0. The summed E-state index contributed by atoms with van der Waals surface area (Å²) in [6.07, 6.45) is 0. The lowest BCUT2D eigenvalue weighted by molar-refractivity contribution is -0.152. The zero-order valence-electron chi connectivity index (χ0n) is 7.64. The maximum absolute atomic E-state index is 10.6. The second-order valence-electron chi connectivity index (χ2n) is 3.19. The topological polar surface area (TPSA) is 57.5 Å². The van der Waals surface area contributed by atoms with Gasteiger partial charge in [0.1, 0.15) is 0 Å². The van der Waals surface area contributed by atoms with Gasteiger partial charge in [0.15, 0.2) is 5.60 Å². The lowest BCUT2D eigenvalue weighted by Crippen LogP contribution is -2.36. The first-order chi connectivity index (χ1) is 5.71. The highest BCUT2D eigenvalue weighted by atomic mass is 35.5. The summed E-state index contributed by atoms with van der Waals surface area (Å²) in [4.78, 5) is 10.6. The van der Waals surface area contributed by atoms with Crippen molar-refractivity contribution in [3.8, 4) is 0 Å². The number of aliphatic carboxylic acids is 1. The number of carbonyl (C=O) groups is 1. The highest BCUT2D eigenvalue weighted by Gasteiger charge is 2.36. The summed E-state index contributed by atoms with van der Waals surface area (Å²) in [5.41, 5.74) is -2.11. The van der Waals surface area contributed by atoms with Gasteiger partial charge in [0.2, 0.25) is 0 Å². The molecule has 0 radical (unpaired) electrons. The normalized spacial score (nSPS) is 18.1. The molecule has 0 aliphatic carbocycles. The molecule has 2 N–H and O–H groups in total. The van der Waals surface area contributed by atoms with E-state index in [1.165, 1.54) is 0 Å². The van der Waals surface area contributed by atoms with Crippen molar-refractivity contribution in [2.24, 2.45) is 5.92 Å². The molecule has 0 amide bonds. The third-order valence-electron chi connectivity index (χ3n) is 1.56. The molecule has 0 aromatic rings. The van der Waals surface area contributed by atoms with Gasteiger partial charge in [-0.25, -0.2) is 4.79 Å². The molecule has 0 saturated heterocycles. The molecular weight excluding hydrogens is 215 g/mol. The van der Waals surface area contributed by atoms with E-state index in [-0.39, 0.29) is 16.0 Å². The van der Waals surface area contributed by atoms with Gasteiger partial charge >= 0.3 is 5.97 Å². The molecule has 0 fully saturated rings. The number of aliphatic hydroxyl groups is 1. The van der Waals surface area contributed by atoms with Crippen molar-refractivity contribution in [2.45, 2.75) is 26.4 Å². The van der Waals surface area contributed by atoms with E-state index in [1.807, 2.05) is 0 Å². The molecular formula is C8H12Cl2O3. The van der Waals surface area contributed by atoms with E-state index in [1.54, 1.807) is 13.8 Å². The largest absolute Gasteiger partial charge is 0.479 e. The Kier molecular flexibility index (Phi) is 4.23. The fourth-order valence-electron chi connectivity index (χ4n) is 0.580. The lowest BCUT2D eigenvalue weighted by Gasteiger charge is -2.19. The number of allylic oxidation sites excluding steroid dienone is 1. The van der Waals surface area contributed by atoms with Crippen molar-refractivity contribution in [3.05, 3.63) is 10.1 Å². The smallest absolute Gasteiger partial charge is 0.341 e. The molecule has 1 unspecified atom stereocenters. The van der Waals surface area contributed by atoms with Gasteiger partial charge in [0.05, 0.1) is 5.03 Å². The van der Waals surface area contributed by atoms with Gasteiger partial charge in [-0.2, -0.15) is 0 Å². The zero-order chi connectivity index (χ0) is 10.8. The van der Waals surface area contributed by atoms with E-state index in [2.05, 4.69) is 0 Å². The minimum absolute atomic E-state index is 0.111. The van der Waals surface area contributed by atoms with E-state index in [0.29, 0.717) is 0 Å². The van der Waals surface area contributed by atoms with Gasteiger partial charge in [0.25, 0.3) is 0 Å². The number of carboxylic acids is 1. The van der Waals surface area contributed by atoms with E-state index in [4.69, 9.17) is 28.3 Å². The maximum Gasteiger partial charge on any atom is 0.341 e. The Bertz CT molecular complexity index is 244. The molecule has 0 spiro atoms. The highest BCUT2D eigenvalue weighted by Crippen LogP contribution is 2.30. The van der Waals surface area contributed by atoms with Crippen LogP contribution >= 0.6 is 23.2 Å². The Morgan fingerprint density at radius 1 is 1.38 bits per heavy atom. The summed E-state index contributed by atoms with van der Waals surface area (Å²) in [5, 5.41) is 17.9. The fourth-order valence-corrected chi connectivity index (χ4v) is 1.06. The van der Waals surface area contributed by atoms with Crippen LogP contribution in [0.3, 0.4) is 0 Å². The van der Waals surface area contributed by atoms with Gasteiger partial charge < -0.3 is 10.2 Å². The van der Waals surface area contributed by atoms with Crippen molar-refractivity contribution < 1.29 is 15.0 Å². The monoisotopic (exact) mass is 226 g/mol. The molecule has 5 heteroatoms. The van der Waals surface area contributed by atoms with Crippen LogP contribution in [0.2, 0.25) is 0 Å². The predicted molar refractivity (Wildman–Crippen MR) is 51.8 cm³/mol. The van der Waals surface area contributed by atoms with Gasteiger partial charge in [0, 0.05) is 5.03 Å². The summed E-state index contributed by atoms with van der Waals surface area (Å²) in [6.45, 7) is 4.59. The van der Waals surface area contributed by atoms with Crippen LogP contribution < -0.4 is 0 Å². The van der Waals surface area contributed by atoms with E-state index in [0.717, 1.165) is 6.92 Å². The standard InChI is InChI=1S/C8H12Cl2O3/c1-4(2)5(9)6(10)8(3,13)7(11)12/h4,13H,1-3H3,(H,11,12)/b6-5+. The predicted octanol–water partition coefficient (Wildman–Crippen LogP) is 2.17. The summed E-state index contributed by atoms with van der Waals surface area (Å²) in [6, 6.07) is 0. The van der Waals surface area contributed by atoms with Gasteiger partial charge in [-0.15, -0.1) is 0 Å². The summed E-state index contributed by atoms with van der Waals surface area (Å²) < 4.78 is 0. The van der Waals surface area contributed by atoms with Crippen molar-refractivity contribution in [1.82, 2.24) is 0 Å². The molecule has 0 bridgehead atoms. The number of hydrogen-bond acceptors (Lipinski definition) is 2. The van der Waals surface area contributed by atoms with Crippen molar-refractivity contribution in [2.75, 3.05) is 0 Å². The van der Waals surface area contributed by atoms with Crippen molar-refractivity contribution >= 4 is 29.2 Å². The SMILES string of the molecule is CC(C)/C(Cl)=C(\Cl)C(C)(O)C(=O)O. The Hall–Kier alpha value is -0.250. The Labute approximate surface area is 87.0 Å². The van der Waals surface area contributed by atoms with Gasteiger partial charge in [-0.3, -0.25) is 0 Å². The Morgan fingerprint density at radius 2 is 1.77 bits per heavy atom. The van der Waals surface area contributed by atoms with E-state index < -0.39 is 11.6 Å². The number of hydrogen-bond donors (Lipinski definition) is 2. The molecule has 0 aromatic carbocycles. The zero-order valence-corrected chi connectivity index (χ0v) is 9.15. The van der Waals surface area contributed by atoms with Crippen LogP contribution in [0.5, 0.6) is 0 Å². The average Bonchev–Trinajstić information content (AvgIpc) is 2.01. The number of halogens is 2. The second kappa shape index (κ2) is 4.31. The highest BCUT2D eigenvalue weighted by molar-refractivity contribution is 6.41. The van der Waals surface area contributed by atoms with Crippen molar-refractivity contribution in [1.29, 1.82) is 0 Å². The number of rotatable bonds is 3.